The van der Waals surface area contributed by atoms with Crippen LogP contribution < -0.4 is 0 Å². The molecule has 0 bridgehead atoms. The van der Waals surface area contributed by atoms with E-state index in [1.807, 2.05) is 0 Å². The van der Waals surface area contributed by atoms with Crippen LogP contribution >= 0.6 is 15.6 Å². The van der Waals surface area contributed by atoms with E-state index in [-0.39, 0.29) is 43.8 Å². The van der Waals surface area contributed by atoms with Crippen LogP contribution in [0.1, 0.15) is 0 Å². The molecule has 22 heteroatoms. The Morgan fingerprint density at radius 2 is 1.14 bits per heavy atom. The summed E-state index contributed by atoms with van der Waals surface area (Å²) < 4.78 is 33.6. The minimum atomic E-state index is -4.96. The molecule has 0 spiro atoms. The van der Waals surface area contributed by atoms with Crippen LogP contribution in [0.2, 0.25) is 0 Å². The van der Waals surface area contributed by atoms with E-state index in [4.69, 9.17) is 19.6 Å². The lowest BCUT2D eigenvalue weighted by atomic mass is 10.1. The van der Waals surface area contributed by atoms with E-state index in [9.17, 15) is 24.4 Å². The Bertz CT molecular complexity index is 432. The average Bonchev–Trinajstić information content (AvgIpc) is 2.48. The van der Waals surface area contributed by atoms with Crippen LogP contribution in [-0.4, -0.2) is 116 Å². The van der Waals surface area contributed by atoms with E-state index in [1.54, 1.807) is 0 Å². The van der Waals surface area contributed by atoms with Gasteiger partial charge in [0.1, 0.15) is 24.9 Å². The van der Waals surface area contributed by atoms with Crippen LogP contribution in [0.5, 0.6) is 0 Å². The SMILES string of the molecule is O.O.O.O.O.O.O.O.O=P(O)(O)OC[C@H]1O[C@](O)(COP(=O)(O)O)[C@@H](O)[C@@H]1O. The second-order valence-electron chi connectivity index (χ2n) is 3.99. The van der Waals surface area contributed by atoms with E-state index in [0.29, 0.717) is 0 Å². The number of aliphatic hydroxyl groups is 3. The average molecular weight is 484 g/mol. The van der Waals surface area contributed by atoms with Gasteiger partial charge < -0.3 is 83.4 Å². The summed E-state index contributed by atoms with van der Waals surface area (Å²) in [5.74, 6) is -2.66. The standard InChI is InChI=1S/C6H14O12P2.8H2O/c7-4-3(1-16-19(10,11)12)18-6(9,5(4)8)2-17-20(13,14)15;;;;;;;;/h3-5,7-9H,1-2H2,(H2,10,11,12)(H2,13,14,15);8*1H2/t3-,4-,5+,6-;;;;;;;;/m1......../s1. The molecular formula is C6H30O20P2. The van der Waals surface area contributed by atoms with Gasteiger partial charge in [0.15, 0.2) is 0 Å². The van der Waals surface area contributed by atoms with Crippen LogP contribution in [-0.2, 0) is 22.9 Å². The molecule has 23 N–H and O–H groups in total. The van der Waals surface area contributed by atoms with Gasteiger partial charge in [-0.2, -0.15) is 0 Å². The molecule has 0 aliphatic carbocycles. The monoisotopic (exact) mass is 484 g/mol. The number of hydrogen-bond donors (Lipinski definition) is 7. The van der Waals surface area contributed by atoms with E-state index in [0.717, 1.165) is 0 Å². The number of rotatable bonds is 6. The highest BCUT2D eigenvalue weighted by Crippen LogP contribution is 2.41. The molecule has 1 aliphatic heterocycles. The van der Waals surface area contributed by atoms with Crippen LogP contribution in [0.25, 0.3) is 0 Å². The minimum absolute atomic E-state index is 0. The molecule has 28 heavy (non-hydrogen) atoms. The summed E-state index contributed by atoms with van der Waals surface area (Å²) in [7, 11) is -9.82. The molecule has 0 aromatic carbocycles. The van der Waals surface area contributed by atoms with Crippen molar-refractivity contribution in [2.24, 2.45) is 0 Å². The highest BCUT2D eigenvalue weighted by molar-refractivity contribution is 7.46. The number of phosphoric acid groups is 2. The molecule has 0 amide bonds. The van der Waals surface area contributed by atoms with Crippen molar-refractivity contribution in [1.82, 2.24) is 0 Å². The minimum Gasteiger partial charge on any atom is -0.412 e. The summed E-state index contributed by atoms with van der Waals surface area (Å²) in [6.45, 7) is -2.05. The second-order valence-corrected chi connectivity index (χ2v) is 6.47. The lowest BCUT2D eigenvalue weighted by Crippen LogP contribution is -2.46. The molecular weight excluding hydrogens is 454 g/mol. The van der Waals surface area contributed by atoms with Gasteiger partial charge >= 0.3 is 15.6 Å². The maximum atomic E-state index is 10.5. The Balaban J connectivity index is -0.0000000833. The Morgan fingerprint density at radius 3 is 1.46 bits per heavy atom. The first-order valence-electron chi connectivity index (χ1n) is 5.00. The second kappa shape index (κ2) is 17.6. The maximum absolute atomic E-state index is 10.5. The molecule has 0 aromatic rings. The molecule has 1 aliphatic rings. The molecule has 184 valence electrons. The van der Waals surface area contributed by atoms with Crippen LogP contribution in [0.15, 0.2) is 0 Å². The van der Waals surface area contributed by atoms with Gasteiger partial charge in [-0.3, -0.25) is 9.05 Å². The quantitative estimate of drug-likeness (QED) is 0.173. The van der Waals surface area contributed by atoms with Gasteiger partial charge in [0.2, 0.25) is 5.79 Å². The van der Waals surface area contributed by atoms with Crippen LogP contribution in [0.4, 0.5) is 0 Å². The van der Waals surface area contributed by atoms with Crippen molar-refractivity contribution < 1.29 is 102 Å². The van der Waals surface area contributed by atoms with Gasteiger partial charge in [-0.25, -0.2) is 9.13 Å². The normalized spacial score (nSPS) is 25.3. The summed E-state index contributed by atoms with van der Waals surface area (Å²) >= 11 is 0. The summed E-state index contributed by atoms with van der Waals surface area (Å²) in [6.07, 6.45) is -5.38. The van der Waals surface area contributed by atoms with Crippen molar-refractivity contribution in [3.8, 4) is 0 Å². The van der Waals surface area contributed by atoms with E-state index in [1.165, 1.54) is 0 Å². The zero-order valence-electron chi connectivity index (χ0n) is 13.7. The fourth-order valence-electron chi connectivity index (χ4n) is 1.47. The molecule has 1 fully saturated rings. The van der Waals surface area contributed by atoms with Gasteiger partial charge in [0.05, 0.1) is 6.61 Å². The number of aliphatic hydroxyl groups excluding tert-OH is 2. The van der Waals surface area contributed by atoms with Gasteiger partial charge in [-0.15, -0.1) is 0 Å². The Labute approximate surface area is 155 Å². The molecule has 0 unspecified atom stereocenters. The molecule has 0 radical (unpaired) electrons. The van der Waals surface area contributed by atoms with Crippen LogP contribution in [0, 0.1) is 0 Å². The largest absolute Gasteiger partial charge is 0.469 e. The Morgan fingerprint density at radius 1 is 0.786 bits per heavy atom. The Hall–Kier alpha value is -0.260. The third-order valence-corrected chi connectivity index (χ3v) is 3.32. The van der Waals surface area contributed by atoms with Gasteiger partial charge in [0.25, 0.3) is 0 Å². The lowest BCUT2D eigenvalue weighted by Gasteiger charge is -2.25. The van der Waals surface area contributed by atoms with Crippen molar-refractivity contribution in [3.63, 3.8) is 0 Å². The first-order chi connectivity index (χ1) is 8.84. The Kier molecular flexibility index (Phi) is 32.0. The summed E-state index contributed by atoms with van der Waals surface area (Å²) in [6, 6.07) is 0. The number of ether oxygens (including phenoxy) is 1. The highest BCUT2D eigenvalue weighted by atomic mass is 31.2. The first kappa shape index (κ1) is 50.9. The third kappa shape index (κ3) is 15.6. The molecule has 0 aromatic heterocycles. The number of phosphoric ester groups is 2. The summed E-state index contributed by atoms with van der Waals surface area (Å²) in [5, 5.41) is 28.8. The zero-order chi connectivity index (χ0) is 15.8. The van der Waals surface area contributed by atoms with Crippen molar-refractivity contribution in [2.75, 3.05) is 13.2 Å². The molecule has 1 heterocycles. The molecule has 1 rings (SSSR count). The number of hydrogen-bond acceptors (Lipinski definition) is 8. The predicted molar refractivity (Wildman–Crippen MR) is 86.7 cm³/mol. The lowest BCUT2D eigenvalue weighted by molar-refractivity contribution is -0.245. The van der Waals surface area contributed by atoms with Crippen molar-refractivity contribution >= 4 is 15.6 Å². The van der Waals surface area contributed by atoms with Crippen molar-refractivity contribution in [3.05, 3.63) is 0 Å². The van der Waals surface area contributed by atoms with Gasteiger partial charge in [0, 0.05) is 0 Å². The van der Waals surface area contributed by atoms with Gasteiger partial charge in [-0.05, 0) is 0 Å². The molecule has 20 nitrogen and oxygen atoms in total. The fraction of sp³-hybridized carbons (Fsp3) is 1.00. The topological polar surface area (TPSA) is 455 Å². The molecule has 0 saturated carbocycles. The molecule has 4 atom stereocenters. The molecule has 1 saturated heterocycles. The third-order valence-electron chi connectivity index (χ3n) is 2.37. The fourth-order valence-corrected chi connectivity index (χ4v) is 2.17. The maximum Gasteiger partial charge on any atom is 0.469 e. The predicted octanol–water partition coefficient (Wildman–Crippen LogP) is -9.58. The summed E-state index contributed by atoms with van der Waals surface area (Å²) in [4.78, 5) is 33.9. The summed E-state index contributed by atoms with van der Waals surface area (Å²) in [5.41, 5.74) is 0. The van der Waals surface area contributed by atoms with Crippen LogP contribution in [0.3, 0.4) is 0 Å². The van der Waals surface area contributed by atoms with E-state index in [2.05, 4.69) is 13.8 Å². The van der Waals surface area contributed by atoms with E-state index >= 15 is 0 Å². The highest BCUT2D eigenvalue weighted by Gasteiger charge is 2.54. The van der Waals surface area contributed by atoms with Crippen molar-refractivity contribution in [2.45, 2.75) is 24.1 Å². The smallest absolute Gasteiger partial charge is 0.412 e. The van der Waals surface area contributed by atoms with E-state index < -0.39 is 53.0 Å². The first-order valence-corrected chi connectivity index (χ1v) is 8.07. The van der Waals surface area contributed by atoms with Gasteiger partial charge in [-0.1, -0.05) is 0 Å². The zero-order valence-corrected chi connectivity index (χ0v) is 15.5. The van der Waals surface area contributed by atoms with Crippen molar-refractivity contribution in [1.29, 1.82) is 0 Å².